The van der Waals surface area contributed by atoms with Crippen molar-refractivity contribution in [3.8, 4) is 17.6 Å². The Morgan fingerprint density at radius 1 is 1.08 bits per heavy atom. The molecule has 0 saturated heterocycles. The first kappa shape index (κ1) is 14.6. The maximum absolute atomic E-state index is 12.7. The fraction of sp³-hybridized carbons (Fsp3) is 0.263. The molecule has 5 heteroatoms. The summed E-state index contributed by atoms with van der Waals surface area (Å²) in [6, 6.07) is 12.9. The lowest BCUT2D eigenvalue weighted by Crippen LogP contribution is -2.36. The van der Waals surface area contributed by atoms with Crippen LogP contribution in [0.3, 0.4) is 0 Å². The SMILES string of the molecule is N#Cc1cccc(C(=O)N2CCc3cc4c(cc3C2)OCCO4)c1. The van der Waals surface area contributed by atoms with Gasteiger partial charge in [-0.2, -0.15) is 5.26 Å². The summed E-state index contributed by atoms with van der Waals surface area (Å²) >= 11 is 0. The lowest BCUT2D eigenvalue weighted by Gasteiger charge is -2.30. The number of carbonyl (C=O) groups excluding carboxylic acids is 1. The van der Waals surface area contributed by atoms with E-state index >= 15 is 0 Å². The van der Waals surface area contributed by atoms with E-state index in [4.69, 9.17) is 14.7 Å². The van der Waals surface area contributed by atoms with E-state index in [0.29, 0.717) is 37.4 Å². The summed E-state index contributed by atoms with van der Waals surface area (Å²) in [4.78, 5) is 14.5. The van der Waals surface area contributed by atoms with Gasteiger partial charge in [-0.15, -0.1) is 0 Å². The highest BCUT2D eigenvalue weighted by Crippen LogP contribution is 2.35. The summed E-state index contributed by atoms with van der Waals surface area (Å²) in [5, 5.41) is 9.00. The third-order valence-corrected chi connectivity index (χ3v) is 4.40. The normalized spacial score (nSPS) is 15.4. The number of hydrogen-bond donors (Lipinski definition) is 0. The molecule has 2 aromatic rings. The molecule has 2 heterocycles. The second-order valence-electron chi connectivity index (χ2n) is 5.93. The van der Waals surface area contributed by atoms with Crippen LogP contribution >= 0.6 is 0 Å². The number of ether oxygens (including phenoxy) is 2. The van der Waals surface area contributed by atoms with Crippen LogP contribution in [0.5, 0.6) is 11.5 Å². The number of nitriles is 1. The predicted octanol–water partition coefficient (Wildman–Crippen LogP) is 2.53. The van der Waals surface area contributed by atoms with Crippen LogP contribution < -0.4 is 9.47 Å². The first-order valence-electron chi connectivity index (χ1n) is 7.95. The minimum atomic E-state index is -0.0485. The van der Waals surface area contributed by atoms with Gasteiger partial charge < -0.3 is 14.4 Å². The Morgan fingerprint density at radius 3 is 2.58 bits per heavy atom. The van der Waals surface area contributed by atoms with Crippen molar-refractivity contribution in [3.05, 3.63) is 58.7 Å². The zero-order valence-electron chi connectivity index (χ0n) is 13.1. The molecular formula is C19H16N2O3. The molecule has 0 spiro atoms. The Labute approximate surface area is 140 Å². The summed E-state index contributed by atoms with van der Waals surface area (Å²) < 4.78 is 11.3. The molecule has 2 aromatic carbocycles. The highest BCUT2D eigenvalue weighted by atomic mass is 16.6. The van der Waals surface area contributed by atoms with Crippen LogP contribution in [0.2, 0.25) is 0 Å². The molecule has 0 unspecified atom stereocenters. The summed E-state index contributed by atoms with van der Waals surface area (Å²) in [7, 11) is 0. The van der Waals surface area contributed by atoms with Crippen LogP contribution in [0.25, 0.3) is 0 Å². The van der Waals surface area contributed by atoms with E-state index in [2.05, 4.69) is 6.07 Å². The maximum atomic E-state index is 12.7. The Kier molecular flexibility index (Phi) is 3.58. The topological polar surface area (TPSA) is 62.6 Å². The molecule has 0 N–H and O–H groups in total. The van der Waals surface area contributed by atoms with Gasteiger partial charge in [0.1, 0.15) is 13.2 Å². The number of benzene rings is 2. The largest absolute Gasteiger partial charge is 0.486 e. The van der Waals surface area contributed by atoms with Gasteiger partial charge in [-0.25, -0.2) is 0 Å². The van der Waals surface area contributed by atoms with Gasteiger partial charge in [0.25, 0.3) is 5.91 Å². The van der Waals surface area contributed by atoms with Gasteiger partial charge in [0, 0.05) is 18.7 Å². The van der Waals surface area contributed by atoms with Crippen molar-refractivity contribution in [2.24, 2.45) is 0 Å². The Morgan fingerprint density at radius 2 is 1.83 bits per heavy atom. The zero-order chi connectivity index (χ0) is 16.5. The highest BCUT2D eigenvalue weighted by molar-refractivity contribution is 5.94. The van der Waals surface area contributed by atoms with Crippen molar-refractivity contribution >= 4 is 5.91 Å². The van der Waals surface area contributed by atoms with Gasteiger partial charge in [-0.05, 0) is 47.9 Å². The minimum Gasteiger partial charge on any atom is -0.486 e. The van der Waals surface area contributed by atoms with Gasteiger partial charge in [-0.1, -0.05) is 6.07 Å². The lowest BCUT2D eigenvalue weighted by molar-refractivity contribution is 0.0734. The summed E-state index contributed by atoms with van der Waals surface area (Å²) in [5.74, 6) is 1.50. The Hall–Kier alpha value is -3.00. The fourth-order valence-electron chi connectivity index (χ4n) is 3.17. The van der Waals surface area contributed by atoms with Gasteiger partial charge in [0.2, 0.25) is 0 Å². The quantitative estimate of drug-likeness (QED) is 0.810. The van der Waals surface area contributed by atoms with E-state index in [9.17, 15) is 4.79 Å². The van der Waals surface area contributed by atoms with Crippen molar-refractivity contribution < 1.29 is 14.3 Å². The Balaban J connectivity index is 1.59. The van der Waals surface area contributed by atoms with Crippen LogP contribution in [0, 0.1) is 11.3 Å². The van der Waals surface area contributed by atoms with Crippen molar-refractivity contribution in [1.29, 1.82) is 5.26 Å². The molecule has 0 bridgehead atoms. The van der Waals surface area contributed by atoms with Gasteiger partial charge in [-0.3, -0.25) is 4.79 Å². The van der Waals surface area contributed by atoms with E-state index in [1.165, 1.54) is 5.56 Å². The second-order valence-corrected chi connectivity index (χ2v) is 5.93. The monoisotopic (exact) mass is 320 g/mol. The van der Waals surface area contributed by atoms with Crippen LogP contribution in [0.4, 0.5) is 0 Å². The van der Waals surface area contributed by atoms with Crippen LogP contribution in [-0.2, 0) is 13.0 Å². The molecule has 0 radical (unpaired) electrons. The van der Waals surface area contributed by atoms with E-state index in [1.807, 2.05) is 17.0 Å². The minimum absolute atomic E-state index is 0.0485. The zero-order valence-corrected chi connectivity index (χ0v) is 13.1. The van der Waals surface area contributed by atoms with Crippen molar-refractivity contribution in [2.45, 2.75) is 13.0 Å². The van der Waals surface area contributed by atoms with E-state index < -0.39 is 0 Å². The molecule has 24 heavy (non-hydrogen) atoms. The maximum Gasteiger partial charge on any atom is 0.254 e. The molecule has 0 aromatic heterocycles. The number of carbonyl (C=O) groups is 1. The smallest absolute Gasteiger partial charge is 0.254 e. The Bertz CT molecular complexity index is 854. The molecule has 1 amide bonds. The molecule has 0 fully saturated rings. The van der Waals surface area contributed by atoms with E-state index in [1.54, 1.807) is 24.3 Å². The molecule has 120 valence electrons. The van der Waals surface area contributed by atoms with Gasteiger partial charge >= 0.3 is 0 Å². The number of hydrogen-bond acceptors (Lipinski definition) is 4. The third-order valence-electron chi connectivity index (χ3n) is 4.40. The molecular weight excluding hydrogens is 304 g/mol. The highest BCUT2D eigenvalue weighted by Gasteiger charge is 2.24. The number of rotatable bonds is 1. The average molecular weight is 320 g/mol. The standard InChI is InChI=1S/C19H16N2O3/c20-11-13-2-1-3-15(8-13)19(22)21-5-4-14-9-17-18(10-16(14)12-21)24-7-6-23-17/h1-3,8-10H,4-7,12H2. The van der Waals surface area contributed by atoms with E-state index in [0.717, 1.165) is 23.5 Å². The number of amides is 1. The molecule has 0 saturated carbocycles. The van der Waals surface area contributed by atoms with Gasteiger partial charge in [0.05, 0.1) is 11.6 Å². The number of fused-ring (bicyclic) bond motifs is 2. The summed E-state index contributed by atoms with van der Waals surface area (Å²) in [6.45, 7) is 2.32. The fourth-order valence-corrected chi connectivity index (χ4v) is 3.17. The van der Waals surface area contributed by atoms with E-state index in [-0.39, 0.29) is 5.91 Å². The van der Waals surface area contributed by atoms with Crippen molar-refractivity contribution in [1.82, 2.24) is 4.90 Å². The number of nitrogens with zero attached hydrogens (tertiary/aromatic N) is 2. The summed E-state index contributed by atoms with van der Waals surface area (Å²) in [5.41, 5.74) is 3.34. The predicted molar refractivity (Wildman–Crippen MR) is 87.0 cm³/mol. The molecule has 2 aliphatic heterocycles. The van der Waals surface area contributed by atoms with Crippen LogP contribution in [0.1, 0.15) is 27.0 Å². The molecule has 2 aliphatic rings. The average Bonchev–Trinajstić information content (AvgIpc) is 2.65. The second kappa shape index (κ2) is 5.89. The van der Waals surface area contributed by atoms with Gasteiger partial charge in [0.15, 0.2) is 11.5 Å². The lowest BCUT2D eigenvalue weighted by atomic mass is 9.98. The van der Waals surface area contributed by atoms with Crippen molar-refractivity contribution in [3.63, 3.8) is 0 Å². The van der Waals surface area contributed by atoms with Crippen molar-refractivity contribution in [2.75, 3.05) is 19.8 Å². The molecule has 0 atom stereocenters. The third kappa shape index (κ3) is 2.56. The first-order chi connectivity index (χ1) is 11.7. The molecule has 4 rings (SSSR count). The first-order valence-corrected chi connectivity index (χ1v) is 7.95. The van der Waals surface area contributed by atoms with Crippen LogP contribution in [0.15, 0.2) is 36.4 Å². The summed E-state index contributed by atoms with van der Waals surface area (Å²) in [6.07, 6.45) is 0.787. The molecule has 5 nitrogen and oxygen atoms in total. The van der Waals surface area contributed by atoms with Crippen LogP contribution in [-0.4, -0.2) is 30.6 Å². The molecule has 0 aliphatic carbocycles.